The first-order chi connectivity index (χ1) is 9.56. The van der Waals surface area contributed by atoms with Crippen LogP contribution in [0.2, 0.25) is 0 Å². The van der Waals surface area contributed by atoms with Gasteiger partial charge in [0.25, 0.3) is 0 Å². The van der Waals surface area contributed by atoms with Gasteiger partial charge in [-0.15, -0.1) is 0 Å². The lowest BCUT2D eigenvalue weighted by molar-refractivity contribution is 0.251. The summed E-state index contributed by atoms with van der Waals surface area (Å²) in [5.41, 5.74) is 0.405. The Kier molecular flexibility index (Phi) is 4.68. The maximum atomic E-state index is 13.3. The lowest BCUT2D eigenvalue weighted by Gasteiger charge is -2.09. The molecule has 2 N–H and O–H groups in total. The second kappa shape index (κ2) is 6.47. The number of rotatable bonds is 3. The number of benzene rings is 2. The van der Waals surface area contributed by atoms with E-state index in [2.05, 4.69) is 26.6 Å². The lowest BCUT2D eigenvalue weighted by Crippen LogP contribution is -2.29. The molecule has 2 aromatic rings. The van der Waals surface area contributed by atoms with E-state index in [1.165, 1.54) is 6.07 Å². The van der Waals surface area contributed by atoms with Gasteiger partial charge in [-0.3, -0.25) is 0 Å². The molecule has 20 heavy (non-hydrogen) atoms. The normalized spacial score (nSPS) is 10.2. The second-order valence-corrected chi connectivity index (χ2v) is 4.95. The van der Waals surface area contributed by atoms with Crippen molar-refractivity contribution in [3.8, 4) is 0 Å². The summed E-state index contributed by atoms with van der Waals surface area (Å²) < 4.78 is 27.6. The van der Waals surface area contributed by atoms with Crippen molar-refractivity contribution in [3.05, 3.63) is 64.1 Å². The molecule has 2 rings (SSSR count). The first-order valence-corrected chi connectivity index (χ1v) is 6.59. The molecule has 0 aliphatic heterocycles. The van der Waals surface area contributed by atoms with Gasteiger partial charge in [0.2, 0.25) is 0 Å². The minimum Gasteiger partial charge on any atom is -0.334 e. The standard InChI is InChI=1S/C14H11BrF2N2O/c15-10-4-1-3-9(7-10)8-18-14(20)19-13-11(16)5-2-6-12(13)17/h1-7H,8H2,(H2,18,19,20). The molecule has 2 amide bonds. The third-order valence-corrected chi connectivity index (χ3v) is 3.04. The Morgan fingerprint density at radius 2 is 1.75 bits per heavy atom. The van der Waals surface area contributed by atoms with E-state index in [-0.39, 0.29) is 6.54 Å². The minimum atomic E-state index is -0.817. The van der Waals surface area contributed by atoms with Crippen molar-refractivity contribution < 1.29 is 13.6 Å². The van der Waals surface area contributed by atoms with Crippen molar-refractivity contribution in [3.63, 3.8) is 0 Å². The van der Waals surface area contributed by atoms with E-state index in [0.29, 0.717) is 0 Å². The molecule has 0 heterocycles. The van der Waals surface area contributed by atoms with Crippen molar-refractivity contribution >= 4 is 27.6 Å². The first kappa shape index (κ1) is 14.5. The number of hydrogen-bond donors (Lipinski definition) is 2. The highest BCUT2D eigenvalue weighted by Gasteiger charge is 2.11. The molecule has 0 radical (unpaired) electrons. The number of carbonyl (C=O) groups is 1. The van der Waals surface area contributed by atoms with Gasteiger partial charge >= 0.3 is 6.03 Å². The molecule has 0 unspecified atom stereocenters. The molecule has 0 saturated heterocycles. The number of carbonyl (C=O) groups excluding carboxylic acids is 1. The van der Waals surface area contributed by atoms with Crippen LogP contribution in [0.1, 0.15) is 5.56 Å². The van der Waals surface area contributed by atoms with Gasteiger partial charge in [0.15, 0.2) is 0 Å². The van der Waals surface area contributed by atoms with Crippen LogP contribution in [0, 0.1) is 11.6 Å². The topological polar surface area (TPSA) is 41.1 Å². The number of amides is 2. The summed E-state index contributed by atoms with van der Waals surface area (Å²) in [5.74, 6) is -1.63. The number of hydrogen-bond acceptors (Lipinski definition) is 1. The van der Waals surface area contributed by atoms with E-state index in [4.69, 9.17) is 0 Å². The number of para-hydroxylation sites is 1. The second-order valence-electron chi connectivity index (χ2n) is 4.03. The molecule has 0 aromatic heterocycles. The lowest BCUT2D eigenvalue weighted by atomic mass is 10.2. The van der Waals surface area contributed by atoms with Crippen LogP contribution in [0.3, 0.4) is 0 Å². The van der Waals surface area contributed by atoms with Crippen molar-refractivity contribution in [1.82, 2.24) is 5.32 Å². The average Bonchev–Trinajstić information content (AvgIpc) is 2.41. The van der Waals surface area contributed by atoms with Gasteiger partial charge in [0, 0.05) is 11.0 Å². The maximum Gasteiger partial charge on any atom is 0.319 e. The average molecular weight is 341 g/mol. The summed E-state index contributed by atoms with van der Waals surface area (Å²) in [6, 6.07) is 10.1. The predicted molar refractivity (Wildman–Crippen MR) is 76.4 cm³/mol. The van der Waals surface area contributed by atoms with Crippen molar-refractivity contribution in [2.75, 3.05) is 5.32 Å². The van der Waals surface area contributed by atoms with Gasteiger partial charge in [-0.2, -0.15) is 0 Å². The van der Waals surface area contributed by atoms with Crippen molar-refractivity contribution in [2.24, 2.45) is 0 Å². The van der Waals surface area contributed by atoms with Crippen LogP contribution in [0.25, 0.3) is 0 Å². The Morgan fingerprint density at radius 3 is 2.40 bits per heavy atom. The molecular weight excluding hydrogens is 330 g/mol. The van der Waals surface area contributed by atoms with Gasteiger partial charge in [0.1, 0.15) is 17.3 Å². The molecule has 6 heteroatoms. The molecule has 0 fully saturated rings. The number of nitrogens with one attached hydrogen (secondary N) is 2. The first-order valence-electron chi connectivity index (χ1n) is 5.79. The molecule has 104 valence electrons. The van der Waals surface area contributed by atoms with E-state index in [9.17, 15) is 13.6 Å². The quantitative estimate of drug-likeness (QED) is 0.869. The largest absolute Gasteiger partial charge is 0.334 e. The zero-order valence-electron chi connectivity index (χ0n) is 10.3. The highest BCUT2D eigenvalue weighted by atomic mass is 79.9. The van der Waals surface area contributed by atoms with Crippen LogP contribution in [0.4, 0.5) is 19.3 Å². The van der Waals surface area contributed by atoms with Crippen LogP contribution < -0.4 is 10.6 Å². The fourth-order valence-electron chi connectivity index (χ4n) is 1.60. The van der Waals surface area contributed by atoms with Crippen molar-refractivity contribution in [1.29, 1.82) is 0 Å². The third-order valence-electron chi connectivity index (χ3n) is 2.54. The molecule has 0 atom stereocenters. The summed E-state index contributed by atoms with van der Waals surface area (Å²) in [6.45, 7) is 0.251. The zero-order chi connectivity index (χ0) is 14.5. The SMILES string of the molecule is O=C(NCc1cccc(Br)c1)Nc1c(F)cccc1F. The van der Waals surface area contributed by atoms with E-state index in [1.54, 1.807) is 0 Å². The summed E-state index contributed by atoms with van der Waals surface area (Å²) >= 11 is 3.31. The predicted octanol–water partition coefficient (Wildman–Crippen LogP) is 4.05. The van der Waals surface area contributed by atoms with Gasteiger partial charge in [-0.25, -0.2) is 13.6 Å². The van der Waals surface area contributed by atoms with Gasteiger partial charge < -0.3 is 10.6 Å². The van der Waals surface area contributed by atoms with E-state index < -0.39 is 23.4 Å². The van der Waals surface area contributed by atoms with Crippen LogP contribution >= 0.6 is 15.9 Å². The van der Waals surface area contributed by atoms with Gasteiger partial charge in [-0.05, 0) is 29.8 Å². The molecule has 0 saturated carbocycles. The summed E-state index contributed by atoms with van der Waals surface area (Å²) in [5, 5.41) is 4.68. The Morgan fingerprint density at radius 1 is 1.10 bits per heavy atom. The zero-order valence-corrected chi connectivity index (χ0v) is 11.9. The molecule has 0 bridgehead atoms. The Bertz CT molecular complexity index is 614. The summed E-state index contributed by atoms with van der Waals surface area (Å²) in [7, 11) is 0. The van der Waals surface area contributed by atoms with E-state index in [1.807, 2.05) is 24.3 Å². The Labute approximate surface area is 123 Å². The maximum absolute atomic E-state index is 13.3. The number of halogens is 3. The van der Waals surface area contributed by atoms with Gasteiger partial charge in [-0.1, -0.05) is 34.1 Å². The summed E-state index contributed by atoms with van der Waals surface area (Å²) in [4.78, 5) is 11.6. The highest BCUT2D eigenvalue weighted by Crippen LogP contribution is 2.17. The van der Waals surface area contributed by atoms with Crippen LogP contribution in [-0.4, -0.2) is 6.03 Å². The Hall–Kier alpha value is -1.95. The van der Waals surface area contributed by atoms with Crippen LogP contribution in [0.5, 0.6) is 0 Å². The molecule has 0 spiro atoms. The fourth-order valence-corrected chi connectivity index (χ4v) is 2.05. The fraction of sp³-hybridized carbons (Fsp3) is 0.0714. The number of anilines is 1. The minimum absolute atomic E-state index is 0.251. The monoisotopic (exact) mass is 340 g/mol. The van der Waals surface area contributed by atoms with Crippen LogP contribution in [-0.2, 0) is 6.54 Å². The van der Waals surface area contributed by atoms with E-state index in [0.717, 1.165) is 22.2 Å². The molecule has 0 aliphatic rings. The molecule has 0 aliphatic carbocycles. The third kappa shape index (κ3) is 3.77. The Balaban J connectivity index is 1.96. The molecule has 3 nitrogen and oxygen atoms in total. The van der Waals surface area contributed by atoms with Crippen molar-refractivity contribution in [2.45, 2.75) is 6.54 Å². The van der Waals surface area contributed by atoms with Gasteiger partial charge in [0.05, 0.1) is 0 Å². The molecule has 2 aromatic carbocycles. The molecular formula is C14H11BrF2N2O. The van der Waals surface area contributed by atoms with Crippen LogP contribution in [0.15, 0.2) is 46.9 Å². The summed E-state index contributed by atoms with van der Waals surface area (Å²) in [6.07, 6.45) is 0. The smallest absolute Gasteiger partial charge is 0.319 e. The number of urea groups is 1. The highest BCUT2D eigenvalue weighted by molar-refractivity contribution is 9.10. The van der Waals surface area contributed by atoms with E-state index >= 15 is 0 Å².